The number of hydrogen-bond acceptors (Lipinski definition) is 3. The van der Waals surface area contributed by atoms with Crippen molar-refractivity contribution in [3.63, 3.8) is 0 Å². The molecular weight excluding hydrogens is 148 g/mol. The molecule has 1 aliphatic heterocycles. The van der Waals surface area contributed by atoms with Crippen molar-refractivity contribution in [2.45, 2.75) is 0 Å². The summed E-state index contributed by atoms with van der Waals surface area (Å²) in [7, 11) is 1.26. The molecule has 1 rings (SSSR count). The number of nitrogens with one attached hydrogen (secondary N) is 1. The van der Waals surface area contributed by atoms with Gasteiger partial charge in [0, 0.05) is 13.1 Å². The predicted octanol–water partition coefficient (Wildman–Crippen LogP) is -0.815. The Morgan fingerprint density at radius 1 is 1.55 bits per heavy atom. The maximum absolute atomic E-state index is 10.9. The van der Waals surface area contributed by atoms with E-state index in [9.17, 15) is 9.59 Å². The molecule has 0 aromatic rings. The van der Waals surface area contributed by atoms with Crippen LogP contribution in [0.5, 0.6) is 0 Å². The second-order valence-electron chi connectivity index (χ2n) is 2.23. The molecule has 1 N–H and O–H groups in total. The standard InChI is InChI=1S/C6H10N2O3/c1-11-6(10)7-4-5(9)8-2-3-8/h2-4H2,1H3,(H,7,10). The van der Waals surface area contributed by atoms with Crippen LogP contribution in [0.3, 0.4) is 0 Å². The first-order chi connectivity index (χ1) is 5.24. The van der Waals surface area contributed by atoms with E-state index in [1.54, 1.807) is 4.90 Å². The van der Waals surface area contributed by atoms with E-state index in [4.69, 9.17) is 0 Å². The first kappa shape index (κ1) is 7.84. The van der Waals surface area contributed by atoms with E-state index in [-0.39, 0.29) is 12.5 Å². The normalized spacial score (nSPS) is 14.1. The van der Waals surface area contributed by atoms with Crippen LogP contribution in [0.4, 0.5) is 4.79 Å². The summed E-state index contributed by atoms with van der Waals surface area (Å²) < 4.78 is 4.28. The molecule has 0 bridgehead atoms. The van der Waals surface area contributed by atoms with E-state index in [1.165, 1.54) is 7.11 Å². The van der Waals surface area contributed by atoms with Crippen LogP contribution < -0.4 is 5.32 Å². The number of alkyl carbamates (subject to hydrolysis) is 1. The van der Waals surface area contributed by atoms with Gasteiger partial charge in [-0.15, -0.1) is 0 Å². The summed E-state index contributed by atoms with van der Waals surface area (Å²) in [6.07, 6.45) is -0.569. The van der Waals surface area contributed by atoms with Gasteiger partial charge in [0.05, 0.1) is 7.11 Å². The molecule has 0 spiro atoms. The van der Waals surface area contributed by atoms with E-state index in [0.29, 0.717) is 0 Å². The predicted molar refractivity (Wildman–Crippen MR) is 37.0 cm³/mol. The molecule has 5 heteroatoms. The van der Waals surface area contributed by atoms with Gasteiger partial charge < -0.3 is 15.0 Å². The van der Waals surface area contributed by atoms with Gasteiger partial charge in [-0.3, -0.25) is 4.79 Å². The summed E-state index contributed by atoms with van der Waals surface area (Å²) in [4.78, 5) is 23.0. The lowest BCUT2D eigenvalue weighted by molar-refractivity contribution is -0.124. The Kier molecular flexibility index (Phi) is 2.30. The molecule has 1 fully saturated rings. The number of nitrogens with zero attached hydrogens (tertiary/aromatic N) is 1. The minimum Gasteiger partial charge on any atom is -0.453 e. The molecule has 1 heterocycles. The third-order valence-corrected chi connectivity index (χ3v) is 1.37. The molecule has 1 saturated heterocycles. The fourth-order valence-corrected chi connectivity index (χ4v) is 0.631. The van der Waals surface area contributed by atoms with Crippen LogP contribution in [0.25, 0.3) is 0 Å². The van der Waals surface area contributed by atoms with Crippen molar-refractivity contribution in [2.75, 3.05) is 26.7 Å². The first-order valence-corrected chi connectivity index (χ1v) is 3.33. The Bertz CT molecular complexity index is 177. The zero-order valence-electron chi connectivity index (χ0n) is 6.29. The van der Waals surface area contributed by atoms with Crippen molar-refractivity contribution in [1.82, 2.24) is 10.2 Å². The third-order valence-electron chi connectivity index (χ3n) is 1.37. The molecule has 0 radical (unpaired) electrons. The smallest absolute Gasteiger partial charge is 0.407 e. The Balaban J connectivity index is 2.10. The number of rotatable bonds is 2. The van der Waals surface area contributed by atoms with Crippen molar-refractivity contribution in [3.8, 4) is 0 Å². The number of carbonyl (C=O) groups is 2. The summed E-state index contributed by atoms with van der Waals surface area (Å²) in [6.45, 7) is 1.65. The fourth-order valence-electron chi connectivity index (χ4n) is 0.631. The van der Waals surface area contributed by atoms with Crippen LogP contribution in [-0.2, 0) is 9.53 Å². The van der Waals surface area contributed by atoms with Gasteiger partial charge in [0.1, 0.15) is 6.54 Å². The highest BCUT2D eigenvalue weighted by atomic mass is 16.5. The zero-order chi connectivity index (χ0) is 8.27. The van der Waals surface area contributed by atoms with Gasteiger partial charge in [0.2, 0.25) is 5.91 Å². The van der Waals surface area contributed by atoms with Gasteiger partial charge in [-0.25, -0.2) is 4.79 Å². The Morgan fingerprint density at radius 3 is 2.64 bits per heavy atom. The highest BCUT2D eigenvalue weighted by Crippen LogP contribution is 2.01. The summed E-state index contributed by atoms with van der Waals surface area (Å²) >= 11 is 0. The van der Waals surface area contributed by atoms with Gasteiger partial charge in [-0.1, -0.05) is 0 Å². The topological polar surface area (TPSA) is 58.4 Å². The van der Waals surface area contributed by atoms with Gasteiger partial charge in [-0.05, 0) is 0 Å². The molecule has 0 aliphatic carbocycles. The van der Waals surface area contributed by atoms with E-state index in [1.807, 2.05) is 0 Å². The van der Waals surface area contributed by atoms with Crippen LogP contribution in [0, 0.1) is 0 Å². The highest BCUT2D eigenvalue weighted by molar-refractivity contribution is 5.83. The zero-order valence-corrected chi connectivity index (χ0v) is 6.29. The summed E-state index contributed by atoms with van der Waals surface area (Å²) in [5.74, 6) is -0.0598. The number of ether oxygens (including phenoxy) is 1. The average Bonchev–Trinajstić information content (AvgIpc) is 2.81. The quantitative estimate of drug-likeness (QED) is 0.534. The lowest BCUT2D eigenvalue weighted by Gasteiger charge is -2.02. The number of hydrogen-bond donors (Lipinski definition) is 1. The van der Waals surface area contributed by atoms with Crippen molar-refractivity contribution < 1.29 is 14.3 Å². The van der Waals surface area contributed by atoms with Crippen molar-refractivity contribution in [3.05, 3.63) is 0 Å². The highest BCUT2D eigenvalue weighted by Gasteiger charge is 2.23. The molecule has 11 heavy (non-hydrogen) atoms. The molecule has 0 aromatic heterocycles. The molecule has 0 atom stereocenters. The molecule has 62 valence electrons. The number of amides is 2. The molecule has 0 saturated carbocycles. The Labute approximate surface area is 64.3 Å². The maximum atomic E-state index is 10.9. The molecule has 2 amide bonds. The number of carbonyl (C=O) groups excluding carboxylic acids is 2. The summed E-state index contributed by atoms with van der Waals surface area (Å²) in [5.41, 5.74) is 0. The van der Waals surface area contributed by atoms with E-state index in [0.717, 1.165) is 13.1 Å². The largest absolute Gasteiger partial charge is 0.453 e. The minimum absolute atomic E-state index is 0.0344. The SMILES string of the molecule is COC(=O)NCC(=O)N1CC1. The van der Waals surface area contributed by atoms with Gasteiger partial charge in [-0.2, -0.15) is 0 Å². The first-order valence-electron chi connectivity index (χ1n) is 3.33. The van der Waals surface area contributed by atoms with Crippen molar-refractivity contribution in [2.24, 2.45) is 0 Å². The summed E-state index contributed by atoms with van der Waals surface area (Å²) in [5, 5.41) is 2.30. The Hall–Kier alpha value is -1.26. The monoisotopic (exact) mass is 158 g/mol. The molecule has 1 aliphatic rings. The minimum atomic E-state index is -0.569. The second-order valence-corrected chi connectivity index (χ2v) is 2.23. The number of methoxy groups -OCH3 is 1. The molecule has 5 nitrogen and oxygen atoms in total. The van der Waals surface area contributed by atoms with E-state index >= 15 is 0 Å². The fraction of sp³-hybridized carbons (Fsp3) is 0.667. The van der Waals surface area contributed by atoms with Gasteiger partial charge in [0.15, 0.2) is 0 Å². The van der Waals surface area contributed by atoms with Gasteiger partial charge >= 0.3 is 6.09 Å². The lowest BCUT2D eigenvalue weighted by atomic mass is 10.6. The molecular formula is C6H10N2O3. The molecule has 0 unspecified atom stereocenters. The van der Waals surface area contributed by atoms with E-state index < -0.39 is 6.09 Å². The van der Waals surface area contributed by atoms with Crippen LogP contribution in [0.2, 0.25) is 0 Å². The van der Waals surface area contributed by atoms with E-state index in [2.05, 4.69) is 10.1 Å². The van der Waals surface area contributed by atoms with Crippen LogP contribution in [-0.4, -0.2) is 43.6 Å². The second kappa shape index (κ2) is 3.23. The average molecular weight is 158 g/mol. The van der Waals surface area contributed by atoms with Crippen molar-refractivity contribution >= 4 is 12.0 Å². The maximum Gasteiger partial charge on any atom is 0.407 e. The molecule has 0 aromatic carbocycles. The van der Waals surface area contributed by atoms with Crippen LogP contribution in [0.15, 0.2) is 0 Å². The lowest BCUT2D eigenvalue weighted by Crippen LogP contribution is -2.32. The Morgan fingerprint density at radius 2 is 2.18 bits per heavy atom. The van der Waals surface area contributed by atoms with Crippen LogP contribution in [0.1, 0.15) is 0 Å². The van der Waals surface area contributed by atoms with Crippen molar-refractivity contribution in [1.29, 1.82) is 0 Å². The van der Waals surface area contributed by atoms with Gasteiger partial charge in [0.25, 0.3) is 0 Å². The third kappa shape index (κ3) is 2.45. The summed E-state index contributed by atoms with van der Waals surface area (Å²) in [6, 6.07) is 0. The van der Waals surface area contributed by atoms with Crippen LogP contribution >= 0.6 is 0 Å².